The van der Waals surface area contributed by atoms with E-state index in [9.17, 15) is 18.0 Å². The lowest BCUT2D eigenvalue weighted by atomic mass is 10.1. The average molecular weight is 674 g/mol. The fraction of sp³-hybridized carbons (Fsp3) is 0.297. The van der Waals surface area contributed by atoms with Crippen molar-refractivity contribution in [3.8, 4) is 11.5 Å². The van der Waals surface area contributed by atoms with E-state index in [1.54, 1.807) is 54.6 Å². The molecular formula is C37H40ClN3O5S. The SMILES string of the molecule is CCC(C(=O)NC1CCCC1)N(Cc1ccccc1Cl)C(=O)CN(c1ccc(Oc2ccccc2)cc1)S(=O)(=O)c1ccc(C)cc1. The van der Waals surface area contributed by atoms with Crippen molar-refractivity contribution in [3.05, 3.63) is 119 Å². The van der Waals surface area contributed by atoms with Crippen LogP contribution in [0.15, 0.2) is 108 Å². The van der Waals surface area contributed by atoms with Crippen LogP contribution in [-0.2, 0) is 26.2 Å². The minimum atomic E-state index is -4.21. The monoisotopic (exact) mass is 673 g/mol. The highest BCUT2D eigenvalue weighted by Crippen LogP contribution is 2.29. The van der Waals surface area contributed by atoms with Crippen LogP contribution in [0.4, 0.5) is 5.69 Å². The van der Waals surface area contributed by atoms with Gasteiger partial charge in [-0.05, 0) is 86.3 Å². The number of para-hydroxylation sites is 1. The molecule has 0 aromatic heterocycles. The summed E-state index contributed by atoms with van der Waals surface area (Å²) < 4.78 is 35.4. The first-order valence-corrected chi connectivity index (χ1v) is 17.7. The zero-order valence-electron chi connectivity index (χ0n) is 26.6. The summed E-state index contributed by atoms with van der Waals surface area (Å²) in [6.07, 6.45) is 4.22. The summed E-state index contributed by atoms with van der Waals surface area (Å²) in [5, 5.41) is 3.58. The standard InChI is InChI=1S/C37H40ClN3O5S/c1-3-35(37(43)39-29-12-8-9-13-29)40(25-28-11-7-10-16-34(28)38)36(42)26-41(47(44,45)33-23-17-27(2)18-24-33)30-19-21-32(22-20-30)46-31-14-5-4-6-15-31/h4-7,10-11,14-24,29,35H,3,8-9,12-13,25-26H2,1-2H3,(H,39,43). The molecule has 0 radical (unpaired) electrons. The molecule has 8 nitrogen and oxygen atoms in total. The number of nitrogens with one attached hydrogen (secondary N) is 1. The molecule has 1 atom stereocenters. The van der Waals surface area contributed by atoms with Crippen molar-refractivity contribution in [2.45, 2.75) is 69.5 Å². The number of rotatable bonds is 13. The molecule has 0 aliphatic heterocycles. The van der Waals surface area contributed by atoms with Crippen molar-refractivity contribution in [3.63, 3.8) is 0 Å². The Bertz CT molecular complexity index is 1760. The molecule has 1 aliphatic carbocycles. The van der Waals surface area contributed by atoms with Crippen LogP contribution in [0.1, 0.15) is 50.2 Å². The number of nitrogens with zero attached hydrogens (tertiary/aromatic N) is 2. The fourth-order valence-electron chi connectivity index (χ4n) is 5.77. The number of benzene rings is 4. The molecule has 2 amide bonds. The Morgan fingerprint density at radius 3 is 2.13 bits per heavy atom. The lowest BCUT2D eigenvalue weighted by Gasteiger charge is -2.34. The van der Waals surface area contributed by atoms with Gasteiger partial charge in [0.25, 0.3) is 10.0 Å². The van der Waals surface area contributed by atoms with E-state index in [4.69, 9.17) is 16.3 Å². The number of carbonyl (C=O) groups is 2. The Kier molecular flexibility index (Phi) is 11.2. The van der Waals surface area contributed by atoms with E-state index in [0.29, 0.717) is 28.5 Å². The molecule has 1 N–H and O–H groups in total. The maximum absolute atomic E-state index is 14.4. The van der Waals surface area contributed by atoms with Crippen LogP contribution >= 0.6 is 11.6 Å². The predicted molar refractivity (Wildman–Crippen MR) is 185 cm³/mol. The van der Waals surface area contributed by atoms with E-state index in [2.05, 4.69) is 5.32 Å². The highest BCUT2D eigenvalue weighted by Gasteiger charge is 2.35. The summed E-state index contributed by atoms with van der Waals surface area (Å²) in [4.78, 5) is 29.6. The van der Waals surface area contributed by atoms with Crippen LogP contribution < -0.4 is 14.4 Å². The number of anilines is 1. The minimum Gasteiger partial charge on any atom is -0.457 e. The molecule has 0 spiro atoms. The van der Waals surface area contributed by atoms with E-state index >= 15 is 0 Å². The van der Waals surface area contributed by atoms with Crippen molar-refractivity contribution in [1.82, 2.24) is 10.2 Å². The second kappa shape index (κ2) is 15.5. The third-order valence-electron chi connectivity index (χ3n) is 8.38. The number of sulfonamides is 1. The van der Waals surface area contributed by atoms with Crippen LogP contribution in [0.2, 0.25) is 5.02 Å². The van der Waals surface area contributed by atoms with Crippen LogP contribution in [0.3, 0.4) is 0 Å². The van der Waals surface area contributed by atoms with Crippen LogP contribution in [0.25, 0.3) is 0 Å². The van der Waals surface area contributed by atoms with Crippen molar-refractivity contribution in [1.29, 1.82) is 0 Å². The molecule has 0 heterocycles. The number of carbonyl (C=O) groups excluding carboxylic acids is 2. The van der Waals surface area contributed by atoms with Crippen molar-refractivity contribution in [2.75, 3.05) is 10.8 Å². The number of amides is 2. The third kappa shape index (κ3) is 8.53. The Hall–Kier alpha value is -4.34. The quantitative estimate of drug-likeness (QED) is 0.159. The molecule has 1 fully saturated rings. The summed E-state index contributed by atoms with van der Waals surface area (Å²) in [5.41, 5.74) is 1.84. The normalized spacial score (nSPS) is 13.9. The number of hydrogen-bond acceptors (Lipinski definition) is 5. The largest absolute Gasteiger partial charge is 0.457 e. The van der Waals surface area contributed by atoms with E-state index < -0.39 is 28.5 Å². The first-order chi connectivity index (χ1) is 22.7. The van der Waals surface area contributed by atoms with Crippen LogP contribution in [0, 0.1) is 6.92 Å². The smallest absolute Gasteiger partial charge is 0.264 e. The molecule has 4 aromatic carbocycles. The Morgan fingerprint density at radius 1 is 0.872 bits per heavy atom. The summed E-state index contributed by atoms with van der Waals surface area (Å²) in [6.45, 7) is 3.22. The van der Waals surface area contributed by atoms with Crippen LogP contribution in [0.5, 0.6) is 11.5 Å². The summed E-state index contributed by atoms with van der Waals surface area (Å²) in [7, 11) is -4.21. The maximum Gasteiger partial charge on any atom is 0.264 e. The van der Waals surface area contributed by atoms with Gasteiger partial charge in [0.15, 0.2) is 0 Å². The second-order valence-corrected chi connectivity index (χ2v) is 14.0. The molecular weight excluding hydrogens is 634 g/mol. The maximum atomic E-state index is 14.4. The summed E-state index contributed by atoms with van der Waals surface area (Å²) in [6, 6.07) is 28.7. The topological polar surface area (TPSA) is 96.0 Å². The summed E-state index contributed by atoms with van der Waals surface area (Å²) >= 11 is 6.52. The van der Waals surface area contributed by atoms with Crippen molar-refractivity contribution < 1.29 is 22.7 Å². The van der Waals surface area contributed by atoms with Gasteiger partial charge in [-0.15, -0.1) is 0 Å². The van der Waals surface area contributed by atoms with Gasteiger partial charge >= 0.3 is 0 Å². The molecule has 0 bridgehead atoms. The number of aryl methyl sites for hydroxylation is 1. The fourth-order valence-corrected chi connectivity index (χ4v) is 7.38. The highest BCUT2D eigenvalue weighted by atomic mass is 35.5. The van der Waals surface area contributed by atoms with Crippen molar-refractivity contribution >= 4 is 39.1 Å². The highest BCUT2D eigenvalue weighted by molar-refractivity contribution is 7.92. The van der Waals surface area contributed by atoms with E-state index in [-0.39, 0.29) is 29.1 Å². The molecule has 246 valence electrons. The first kappa shape index (κ1) is 34.0. The van der Waals surface area contributed by atoms with E-state index in [1.807, 2.05) is 50.2 Å². The van der Waals surface area contributed by atoms with Gasteiger partial charge in [0.05, 0.1) is 10.6 Å². The second-order valence-electron chi connectivity index (χ2n) is 11.8. The van der Waals surface area contributed by atoms with Gasteiger partial charge in [-0.2, -0.15) is 0 Å². The van der Waals surface area contributed by atoms with Gasteiger partial charge in [-0.25, -0.2) is 8.42 Å². The van der Waals surface area contributed by atoms with Gasteiger partial charge in [0, 0.05) is 17.6 Å². The van der Waals surface area contributed by atoms with Gasteiger partial charge in [-0.3, -0.25) is 13.9 Å². The van der Waals surface area contributed by atoms with Crippen LogP contribution in [-0.4, -0.2) is 43.8 Å². The summed E-state index contributed by atoms with van der Waals surface area (Å²) in [5.74, 6) is 0.360. The zero-order valence-corrected chi connectivity index (χ0v) is 28.2. The van der Waals surface area contributed by atoms with Gasteiger partial charge < -0.3 is 15.0 Å². The Morgan fingerprint density at radius 2 is 1.49 bits per heavy atom. The van der Waals surface area contributed by atoms with E-state index in [0.717, 1.165) is 35.6 Å². The molecule has 47 heavy (non-hydrogen) atoms. The van der Waals surface area contributed by atoms with Crippen molar-refractivity contribution in [2.24, 2.45) is 0 Å². The molecule has 1 saturated carbocycles. The minimum absolute atomic E-state index is 0.0391. The molecule has 10 heteroatoms. The first-order valence-electron chi connectivity index (χ1n) is 15.9. The molecule has 4 aromatic rings. The molecule has 5 rings (SSSR count). The number of halogens is 1. The van der Waals surface area contributed by atoms with Gasteiger partial charge in [0.1, 0.15) is 24.1 Å². The Balaban J connectivity index is 1.50. The molecule has 0 saturated heterocycles. The van der Waals surface area contributed by atoms with Gasteiger partial charge in [-0.1, -0.05) is 85.5 Å². The number of hydrogen-bond donors (Lipinski definition) is 1. The molecule has 1 unspecified atom stereocenters. The number of ether oxygens (including phenoxy) is 1. The Labute approximate surface area is 282 Å². The third-order valence-corrected chi connectivity index (χ3v) is 10.5. The lowest BCUT2D eigenvalue weighted by Crippen LogP contribution is -2.53. The lowest BCUT2D eigenvalue weighted by molar-refractivity contribution is -0.140. The zero-order chi connectivity index (χ0) is 33.4. The predicted octanol–water partition coefficient (Wildman–Crippen LogP) is 7.50. The van der Waals surface area contributed by atoms with E-state index in [1.165, 1.54) is 17.0 Å². The van der Waals surface area contributed by atoms with Gasteiger partial charge in [0.2, 0.25) is 11.8 Å². The average Bonchev–Trinajstić information content (AvgIpc) is 3.58. The molecule has 1 aliphatic rings.